The highest BCUT2D eigenvalue weighted by molar-refractivity contribution is 7.89. The molecule has 1 aliphatic rings. The lowest BCUT2D eigenvalue weighted by molar-refractivity contribution is 0.0931. The Morgan fingerprint density at radius 2 is 1.73 bits per heavy atom. The lowest BCUT2D eigenvalue weighted by Crippen LogP contribution is -2.38. The summed E-state index contributed by atoms with van der Waals surface area (Å²) in [6, 6.07) is 16.2. The molecule has 0 radical (unpaired) electrons. The number of carbonyl (C=O) groups excluding carboxylic acids is 1. The van der Waals surface area contributed by atoms with E-state index in [0.29, 0.717) is 30.5 Å². The lowest BCUT2D eigenvalue weighted by Gasteiger charge is -2.29. The minimum Gasteiger partial charge on any atom is -0.345 e. The van der Waals surface area contributed by atoms with Gasteiger partial charge < -0.3 is 5.32 Å². The Hall–Kier alpha value is -2.18. The van der Waals surface area contributed by atoms with E-state index in [1.807, 2.05) is 30.3 Å². The third-order valence-electron chi connectivity index (χ3n) is 5.69. The fourth-order valence-electron chi connectivity index (χ4n) is 3.85. The molecule has 0 aliphatic carbocycles. The van der Waals surface area contributed by atoms with Crippen molar-refractivity contribution in [3.8, 4) is 0 Å². The molecule has 1 saturated heterocycles. The summed E-state index contributed by atoms with van der Waals surface area (Å²) in [6.07, 6.45) is 2.54. The molecule has 1 N–H and O–H groups in total. The molecule has 1 amide bonds. The molecule has 1 aliphatic heterocycles. The molecule has 30 heavy (non-hydrogen) atoms. The maximum absolute atomic E-state index is 13.1. The van der Waals surface area contributed by atoms with Gasteiger partial charge in [0.1, 0.15) is 0 Å². The summed E-state index contributed by atoms with van der Waals surface area (Å²) in [7, 11) is -3.59. The van der Waals surface area contributed by atoms with Crippen LogP contribution < -0.4 is 5.32 Å². The molecule has 2 aromatic carbocycles. The molecule has 162 valence electrons. The second-order valence-corrected chi connectivity index (χ2v) is 10.6. The van der Waals surface area contributed by atoms with Gasteiger partial charge >= 0.3 is 0 Å². The van der Waals surface area contributed by atoms with Crippen molar-refractivity contribution in [3.05, 3.63) is 65.7 Å². The first-order valence-electron chi connectivity index (χ1n) is 10.7. The molecule has 3 rings (SSSR count). The van der Waals surface area contributed by atoms with Gasteiger partial charge in [0.25, 0.3) is 5.91 Å². The van der Waals surface area contributed by atoms with E-state index in [4.69, 9.17) is 0 Å². The molecule has 0 bridgehead atoms. The topological polar surface area (TPSA) is 66.5 Å². The standard InChI is InChI=1S/C24H32N2O3S/c1-18(2)16-23(20-8-5-4-6-9-20)25-24(27)21-10-7-11-22(17-21)30(28,29)26-14-12-19(3)13-15-26/h4-11,17-19,23H,12-16H2,1-3H3,(H,25,27)/t23-/m0/s1. The zero-order chi connectivity index (χ0) is 21.7. The van der Waals surface area contributed by atoms with Crippen LogP contribution in [0.1, 0.15) is 62.0 Å². The Labute approximate surface area is 180 Å². The molecular formula is C24H32N2O3S. The van der Waals surface area contributed by atoms with Crippen LogP contribution in [-0.2, 0) is 10.0 Å². The van der Waals surface area contributed by atoms with E-state index >= 15 is 0 Å². The van der Waals surface area contributed by atoms with Crippen LogP contribution in [0, 0.1) is 11.8 Å². The molecule has 1 heterocycles. The maximum Gasteiger partial charge on any atom is 0.251 e. The van der Waals surface area contributed by atoms with Crippen molar-refractivity contribution in [3.63, 3.8) is 0 Å². The smallest absolute Gasteiger partial charge is 0.251 e. The lowest BCUT2D eigenvalue weighted by atomic mass is 9.96. The van der Waals surface area contributed by atoms with Gasteiger partial charge in [-0.25, -0.2) is 8.42 Å². The highest BCUT2D eigenvalue weighted by Crippen LogP contribution is 2.25. The molecule has 2 aromatic rings. The average molecular weight is 429 g/mol. The molecule has 6 heteroatoms. The predicted molar refractivity (Wildman–Crippen MR) is 120 cm³/mol. The monoisotopic (exact) mass is 428 g/mol. The minimum atomic E-state index is -3.59. The first-order chi connectivity index (χ1) is 14.3. The molecule has 1 atom stereocenters. The van der Waals surface area contributed by atoms with Crippen LogP contribution in [0.4, 0.5) is 0 Å². The highest BCUT2D eigenvalue weighted by Gasteiger charge is 2.28. The summed E-state index contributed by atoms with van der Waals surface area (Å²) in [5, 5.41) is 3.10. The van der Waals surface area contributed by atoms with Crippen molar-refractivity contribution in [1.29, 1.82) is 0 Å². The molecule has 0 aromatic heterocycles. The Bertz CT molecular complexity index is 949. The first-order valence-corrected chi connectivity index (χ1v) is 12.2. The Balaban J connectivity index is 1.79. The summed E-state index contributed by atoms with van der Waals surface area (Å²) in [6.45, 7) is 7.45. The van der Waals surface area contributed by atoms with Gasteiger partial charge in [0.05, 0.1) is 10.9 Å². The third-order valence-corrected chi connectivity index (χ3v) is 7.59. The molecule has 0 spiro atoms. The maximum atomic E-state index is 13.1. The summed E-state index contributed by atoms with van der Waals surface area (Å²) in [4.78, 5) is 13.2. The summed E-state index contributed by atoms with van der Waals surface area (Å²) >= 11 is 0. The van der Waals surface area contributed by atoms with Gasteiger partial charge in [-0.2, -0.15) is 4.31 Å². The number of sulfonamides is 1. The van der Waals surface area contributed by atoms with Crippen LogP contribution in [0.15, 0.2) is 59.5 Å². The Morgan fingerprint density at radius 3 is 2.37 bits per heavy atom. The Morgan fingerprint density at radius 1 is 1.07 bits per heavy atom. The van der Waals surface area contributed by atoms with Gasteiger partial charge in [-0.1, -0.05) is 57.2 Å². The van der Waals surface area contributed by atoms with Gasteiger partial charge in [0, 0.05) is 18.7 Å². The molecule has 0 unspecified atom stereocenters. The first kappa shape index (κ1) is 22.5. The van der Waals surface area contributed by atoms with Gasteiger partial charge in [0.15, 0.2) is 0 Å². The molecule has 5 nitrogen and oxygen atoms in total. The number of nitrogens with one attached hydrogen (secondary N) is 1. The van der Waals surface area contributed by atoms with Gasteiger partial charge in [-0.15, -0.1) is 0 Å². The van der Waals surface area contributed by atoms with Gasteiger partial charge in [-0.3, -0.25) is 4.79 Å². The highest BCUT2D eigenvalue weighted by atomic mass is 32.2. The van der Waals surface area contributed by atoms with E-state index in [1.165, 1.54) is 10.4 Å². The third kappa shape index (κ3) is 5.49. The van der Waals surface area contributed by atoms with Gasteiger partial charge in [0.2, 0.25) is 10.0 Å². The van der Waals surface area contributed by atoms with Crippen LogP contribution in [0.3, 0.4) is 0 Å². The second-order valence-electron chi connectivity index (χ2n) is 8.68. The predicted octanol–water partition coefficient (Wildman–Crippen LogP) is 4.62. The van der Waals surface area contributed by atoms with E-state index in [2.05, 4.69) is 26.1 Å². The van der Waals surface area contributed by atoms with E-state index in [1.54, 1.807) is 18.2 Å². The number of hydrogen-bond acceptors (Lipinski definition) is 3. The second kappa shape index (κ2) is 9.75. The van der Waals surface area contributed by atoms with Crippen LogP contribution in [-0.4, -0.2) is 31.7 Å². The van der Waals surface area contributed by atoms with E-state index < -0.39 is 10.0 Å². The number of nitrogens with zero attached hydrogens (tertiary/aromatic N) is 1. The fraction of sp³-hybridized carbons (Fsp3) is 0.458. The van der Waals surface area contributed by atoms with Crippen molar-refractivity contribution in [2.75, 3.05) is 13.1 Å². The summed E-state index contributed by atoms with van der Waals surface area (Å²) < 4.78 is 27.6. The van der Waals surface area contributed by atoms with Crippen LogP contribution in [0.5, 0.6) is 0 Å². The molecule has 1 fully saturated rings. The van der Waals surface area contributed by atoms with E-state index in [-0.39, 0.29) is 16.8 Å². The Kier molecular flexibility index (Phi) is 7.32. The average Bonchev–Trinajstić information content (AvgIpc) is 2.74. The number of carbonyl (C=O) groups is 1. The van der Waals surface area contributed by atoms with Crippen LogP contribution in [0.25, 0.3) is 0 Å². The zero-order valence-corrected chi connectivity index (χ0v) is 18.9. The number of hydrogen-bond donors (Lipinski definition) is 1. The fourth-order valence-corrected chi connectivity index (χ4v) is 5.36. The SMILES string of the molecule is CC(C)C[C@H](NC(=O)c1cccc(S(=O)(=O)N2CCC(C)CC2)c1)c1ccccc1. The zero-order valence-electron chi connectivity index (χ0n) is 18.0. The van der Waals surface area contributed by atoms with Crippen LogP contribution >= 0.6 is 0 Å². The number of benzene rings is 2. The normalized spacial score (nSPS) is 17.1. The van der Waals surface area contributed by atoms with Crippen molar-refractivity contribution < 1.29 is 13.2 Å². The number of amides is 1. The van der Waals surface area contributed by atoms with Crippen molar-refractivity contribution in [2.24, 2.45) is 11.8 Å². The van der Waals surface area contributed by atoms with E-state index in [0.717, 1.165) is 24.8 Å². The molecule has 0 saturated carbocycles. The van der Waals surface area contributed by atoms with Gasteiger partial charge in [-0.05, 0) is 54.9 Å². The van der Waals surface area contributed by atoms with Crippen molar-refractivity contribution in [1.82, 2.24) is 9.62 Å². The summed E-state index contributed by atoms with van der Waals surface area (Å²) in [5.74, 6) is 0.696. The van der Waals surface area contributed by atoms with Crippen molar-refractivity contribution >= 4 is 15.9 Å². The van der Waals surface area contributed by atoms with E-state index in [9.17, 15) is 13.2 Å². The largest absolute Gasteiger partial charge is 0.345 e. The summed E-state index contributed by atoms with van der Waals surface area (Å²) in [5.41, 5.74) is 1.41. The number of piperidine rings is 1. The van der Waals surface area contributed by atoms with Crippen LogP contribution in [0.2, 0.25) is 0 Å². The van der Waals surface area contributed by atoms with Crippen molar-refractivity contribution in [2.45, 2.75) is 51.0 Å². The molecular weight excluding hydrogens is 396 g/mol. The quantitative estimate of drug-likeness (QED) is 0.699. The minimum absolute atomic E-state index is 0.123. The number of rotatable bonds is 7.